The van der Waals surface area contributed by atoms with E-state index in [-0.39, 0.29) is 30.0 Å². The van der Waals surface area contributed by atoms with Crippen LogP contribution in [0.15, 0.2) is 29.3 Å². The van der Waals surface area contributed by atoms with Crippen molar-refractivity contribution in [2.24, 2.45) is 10.7 Å². The van der Waals surface area contributed by atoms with E-state index in [9.17, 15) is 0 Å². The largest absolute Gasteiger partial charge is 0.379 e. The van der Waals surface area contributed by atoms with Crippen molar-refractivity contribution in [2.45, 2.75) is 31.8 Å². The van der Waals surface area contributed by atoms with Crippen LogP contribution in [0.25, 0.3) is 0 Å². The molecule has 134 valence electrons. The fourth-order valence-electron chi connectivity index (χ4n) is 3.05. The third kappa shape index (κ3) is 5.07. The minimum Gasteiger partial charge on any atom is -0.379 e. The average molecular weight is 444 g/mol. The van der Waals surface area contributed by atoms with Crippen LogP contribution in [0, 0.1) is 6.92 Å². The Morgan fingerprint density at radius 2 is 1.92 bits per heavy atom. The van der Waals surface area contributed by atoms with Crippen LogP contribution in [0.5, 0.6) is 0 Å². The molecule has 5 nitrogen and oxygen atoms in total. The van der Waals surface area contributed by atoms with Crippen LogP contribution in [0.1, 0.15) is 30.0 Å². The van der Waals surface area contributed by atoms with Gasteiger partial charge in [0.05, 0.1) is 25.8 Å². The van der Waals surface area contributed by atoms with Gasteiger partial charge in [0.15, 0.2) is 5.96 Å². The Morgan fingerprint density at radius 1 is 1.29 bits per heavy atom. The van der Waals surface area contributed by atoms with Crippen molar-refractivity contribution in [1.29, 1.82) is 0 Å². The van der Waals surface area contributed by atoms with Gasteiger partial charge in [-0.3, -0.25) is 9.89 Å². The predicted molar refractivity (Wildman–Crippen MR) is 109 cm³/mol. The normalized spacial score (nSPS) is 20.3. The number of nitrogens with zero attached hydrogens (tertiary/aromatic N) is 3. The number of morpholine rings is 1. The van der Waals surface area contributed by atoms with Crippen molar-refractivity contribution >= 4 is 29.9 Å². The molecule has 1 heterocycles. The number of benzene rings is 1. The van der Waals surface area contributed by atoms with Crippen LogP contribution in [-0.4, -0.2) is 61.7 Å². The molecule has 6 heteroatoms. The van der Waals surface area contributed by atoms with Crippen LogP contribution in [-0.2, 0) is 4.74 Å². The van der Waals surface area contributed by atoms with Gasteiger partial charge in [-0.2, -0.15) is 0 Å². The van der Waals surface area contributed by atoms with E-state index in [0.717, 1.165) is 26.3 Å². The Hall–Kier alpha value is -0.860. The zero-order chi connectivity index (χ0) is 16.2. The first-order valence-electron chi connectivity index (χ1n) is 8.56. The van der Waals surface area contributed by atoms with Gasteiger partial charge >= 0.3 is 0 Å². The van der Waals surface area contributed by atoms with Crippen LogP contribution >= 0.6 is 24.0 Å². The summed E-state index contributed by atoms with van der Waals surface area (Å²) in [6.45, 7) is 6.31. The lowest BCUT2D eigenvalue weighted by molar-refractivity contribution is 0.0179. The Labute approximate surface area is 162 Å². The van der Waals surface area contributed by atoms with Crippen molar-refractivity contribution < 1.29 is 4.74 Å². The molecule has 1 atom stereocenters. The molecule has 1 aromatic carbocycles. The van der Waals surface area contributed by atoms with E-state index in [0.29, 0.717) is 18.5 Å². The van der Waals surface area contributed by atoms with Crippen molar-refractivity contribution in [1.82, 2.24) is 9.80 Å². The van der Waals surface area contributed by atoms with Crippen molar-refractivity contribution in [2.75, 3.05) is 39.9 Å². The molecule has 0 radical (unpaired) electrons. The SMILES string of the molecule is Cc1ccc(C(CN=C(N)N(C)C2CC2)N2CCOCC2)cc1.I. The molecule has 1 aromatic rings. The molecule has 24 heavy (non-hydrogen) atoms. The summed E-state index contributed by atoms with van der Waals surface area (Å²) in [4.78, 5) is 9.27. The fraction of sp³-hybridized carbons (Fsp3) is 0.611. The molecule has 0 spiro atoms. The number of ether oxygens (including phenoxy) is 1. The van der Waals surface area contributed by atoms with Gasteiger partial charge in [0.2, 0.25) is 0 Å². The average Bonchev–Trinajstić information content (AvgIpc) is 3.41. The highest BCUT2D eigenvalue weighted by Gasteiger charge is 2.28. The molecule has 1 aliphatic carbocycles. The van der Waals surface area contributed by atoms with Crippen LogP contribution in [0.4, 0.5) is 0 Å². The summed E-state index contributed by atoms with van der Waals surface area (Å²) in [5, 5.41) is 0. The van der Waals surface area contributed by atoms with Gasteiger partial charge in [0.1, 0.15) is 0 Å². The van der Waals surface area contributed by atoms with Crippen LogP contribution < -0.4 is 5.73 Å². The lowest BCUT2D eigenvalue weighted by atomic mass is 10.0. The first-order valence-corrected chi connectivity index (χ1v) is 8.56. The molecule has 3 rings (SSSR count). The maximum absolute atomic E-state index is 6.17. The Balaban J connectivity index is 0.00000208. The Kier molecular flexibility index (Phi) is 7.31. The molecule has 0 aromatic heterocycles. The van der Waals surface area contributed by atoms with E-state index in [4.69, 9.17) is 15.5 Å². The van der Waals surface area contributed by atoms with Gasteiger partial charge in [-0.05, 0) is 25.3 Å². The second kappa shape index (κ2) is 9.01. The number of halogens is 1. The second-order valence-corrected chi connectivity index (χ2v) is 6.62. The van der Waals surface area contributed by atoms with E-state index in [1.807, 2.05) is 7.05 Å². The van der Waals surface area contributed by atoms with Gasteiger partial charge < -0.3 is 15.4 Å². The molecular formula is C18H29IN4O. The van der Waals surface area contributed by atoms with Crippen molar-refractivity contribution in [3.8, 4) is 0 Å². The molecule has 2 aliphatic rings. The topological polar surface area (TPSA) is 54.1 Å². The number of aliphatic imine (C=N–C) groups is 1. The van der Waals surface area contributed by atoms with Crippen molar-refractivity contribution in [3.63, 3.8) is 0 Å². The van der Waals surface area contributed by atoms with E-state index in [1.54, 1.807) is 0 Å². The number of hydrogen-bond acceptors (Lipinski definition) is 3. The maximum Gasteiger partial charge on any atom is 0.191 e. The summed E-state index contributed by atoms with van der Waals surface area (Å²) in [5.41, 5.74) is 8.76. The second-order valence-electron chi connectivity index (χ2n) is 6.62. The smallest absolute Gasteiger partial charge is 0.191 e. The highest BCUT2D eigenvalue weighted by atomic mass is 127. The van der Waals surface area contributed by atoms with E-state index in [2.05, 4.69) is 41.0 Å². The first kappa shape index (κ1) is 19.5. The van der Waals surface area contributed by atoms with Crippen LogP contribution in [0.3, 0.4) is 0 Å². The first-order chi connectivity index (χ1) is 11.1. The molecular weight excluding hydrogens is 415 g/mol. The summed E-state index contributed by atoms with van der Waals surface area (Å²) in [5.74, 6) is 0.665. The molecule has 1 unspecified atom stereocenters. The molecule has 1 aliphatic heterocycles. The van der Waals surface area contributed by atoms with Crippen LogP contribution in [0.2, 0.25) is 0 Å². The van der Waals surface area contributed by atoms with Crippen molar-refractivity contribution in [3.05, 3.63) is 35.4 Å². The predicted octanol–water partition coefficient (Wildman–Crippen LogP) is 2.40. The molecule has 1 saturated heterocycles. The standard InChI is InChI=1S/C18H28N4O.HI/c1-14-3-5-15(6-4-14)17(22-9-11-23-12-10-22)13-20-18(19)21(2)16-7-8-16;/h3-6,16-17H,7-13H2,1-2H3,(H2,19,20);1H. The lowest BCUT2D eigenvalue weighted by Gasteiger charge is -2.34. The van der Waals surface area contributed by atoms with E-state index in [1.165, 1.54) is 24.0 Å². The number of aryl methyl sites for hydroxylation is 1. The maximum atomic E-state index is 6.17. The minimum atomic E-state index is 0. The minimum absolute atomic E-state index is 0. The summed E-state index contributed by atoms with van der Waals surface area (Å²) in [6.07, 6.45) is 2.47. The fourth-order valence-corrected chi connectivity index (χ4v) is 3.05. The molecule has 0 amide bonds. The zero-order valence-corrected chi connectivity index (χ0v) is 17.0. The molecule has 2 N–H and O–H groups in total. The Bertz CT molecular complexity index is 538. The van der Waals surface area contributed by atoms with E-state index >= 15 is 0 Å². The third-order valence-electron chi connectivity index (χ3n) is 4.83. The highest BCUT2D eigenvalue weighted by Crippen LogP contribution is 2.26. The van der Waals surface area contributed by atoms with Gasteiger partial charge in [0.25, 0.3) is 0 Å². The number of guanidine groups is 1. The summed E-state index contributed by atoms with van der Waals surface area (Å²) < 4.78 is 5.50. The van der Waals surface area contributed by atoms with Gasteiger partial charge in [0, 0.05) is 26.2 Å². The Morgan fingerprint density at radius 3 is 2.50 bits per heavy atom. The summed E-state index contributed by atoms with van der Waals surface area (Å²) in [7, 11) is 2.05. The third-order valence-corrected chi connectivity index (χ3v) is 4.83. The van der Waals surface area contributed by atoms with Gasteiger partial charge in [-0.15, -0.1) is 24.0 Å². The van der Waals surface area contributed by atoms with Gasteiger partial charge in [-0.1, -0.05) is 29.8 Å². The number of hydrogen-bond donors (Lipinski definition) is 1. The van der Waals surface area contributed by atoms with E-state index < -0.39 is 0 Å². The highest BCUT2D eigenvalue weighted by molar-refractivity contribution is 14.0. The monoisotopic (exact) mass is 444 g/mol. The summed E-state index contributed by atoms with van der Waals surface area (Å²) in [6, 6.07) is 9.64. The molecule has 2 fully saturated rings. The molecule has 1 saturated carbocycles. The number of rotatable bonds is 5. The molecule has 0 bridgehead atoms. The van der Waals surface area contributed by atoms with Gasteiger partial charge in [-0.25, -0.2) is 0 Å². The number of nitrogens with two attached hydrogens (primary N) is 1. The zero-order valence-electron chi connectivity index (χ0n) is 14.6. The quantitative estimate of drug-likeness (QED) is 0.431. The lowest BCUT2D eigenvalue weighted by Crippen LogP contribution is -2.41. The summed E-state index contributed by atoms with van der Waals surface area (Å²) >= 11 is 0.